The zero-order valence-electron chi connectivity index (χ0n) is 13.6. The second kappa shape index (κ2) is 5.99. The Hall–Kier alpha value is -2.03. The molecule has 0 bridgehead atoms. The molecular weight excluding hydrogens is 272 g/mol. The summed E-state index contributed by atoms with van der Waals surface area (Å²) in [6.45, 7) is 8.57. The lowest BCUT2D eigenvalue weighted by Gasteiger charge is -2.18. The number of hydrogen-bond acceptors (Lipinski definition) is 2. The number of aromatic amines is 1. The van der Waals surface area contributed by atoms with Crippen LogP contribution in [0.3, 0.4) is 0 Å². The topological polar surface area (TPSA) is 36.1 Å². The third kappa shape index (κ3) is 2.80. The minimum atomic E-state index is 0.00430. The molecule has 1 atom stereocenters. The van der Waals surface area contributed by atoms with E-state index < -0.39 is 0 Å². The van der Waals surface area contributed by atoms with E-state index in [9.17, 15) is 4.79 Å². The molecule has 0 radical (unpaired) electrons. The second-order valence-electron chi connectivity index (χ2n) is 6.42. The Labute approximate surface area is 132 Å². The number of anilines is 1. The molecule has 0 spiro atoms. The van der Waals surface area contributed by atoms with Crippen LogP contribution in [0.15, 0.2) is 35.1 Å². The number of nitrogens with one attached hydrogen (secondary N) is 1. The average Bonchev–Trinajstić information content (AvgIpc) is 2.96. The zero-order valence-corrected chi connectivity index (χ0v) is 13.6. The minimum Gasteiger partial charge on any atom is -0.371 e. The SMILES string of the molecule is CCc1cc(C)c(=O)[nH]c1-c1ccc(N2CCC(C)C2)cc1. The number of benzene rings is 1. The summed E-state index contributed by atoms with van der Waals surface area (Å²) in [5.74, 6) is 0.778. The van der Waals surface area contributed by atoms with Crippen LogP contribution in [-0.2, 0) is 6.42 Å². The van der Waals surface area contributed by atoms with E-state index in [1.54, 1.807) is 0 Å². The Morgan fingerprint density at radius 3 is 2.59 bits per heavy atom. The third-order valence-electron chi connectivity index (χ3n) is 4.63. The van der Waals surface area contributed by atoms with E-state index >= 15 is 0 Å². The highest BCUT2D eigenvalue weighted by molar-refractivity contribution is 5.66. The summed E-state index contributed by atoms with van der Waals surface area (Å²) in [4.78, 5) is 17.4. The largest absolute Gasteiger partial charge is 0.371 e. The maximum Gasteiger partial charge on any atom is 0.251 e. The second-order valence-corrected chi connectivity index (χ2v) is 6.42. The van der Waals surface area contributed by atoms with Crippen LogP contribution in [-0.4, -0.2) is 18.1 Å². The number of pyridine rings is 1. The highest BCUT2D eigenvalue weighted by Gasteiger charge is 2.18. The zero-order chi connectivity index (χ0) is 15.7. The number of rotatable bonds is 3. The number of hydrogen-bond donors (Lipinski definition) is 1. The molecule has 0 aliphatic carbocycles. The van der Waals surface area contributed by atoms with Crippen molar-refractivity contribution in [2.75, 3.05) is 18.0 Å². The molecule has 3 heteroatoms. The summed E-state index contributed by atoms with van der Waals surface area (Å²) in [7, 11) is 0. The first-order valence-corrected chi connectivity index (χ1v) is 8.16. The maximum atomic E-state index is 11.9. The minimum absolute atomic E-state index is 0.00430. The molecule has 1 N–H and O–H groups in total. The van der Waals surface area contributed by atoms with Crippen molar-refractivity contribution in [3.8, 4) is 11.3 Å². The third-order valence-corrected chi connectivity index (χ3v) is 4.63. The first-order chi connectivity index (χ1) is 10.6. The van der Waals surface area contributed by atoms with Gasteiger partial charge in [0.1, 0.15) is 0 Å². The number of H-pyrrole nitrogens is 1. The molecule has 1 saturated heterocycles. The van der Waals surface area contributed by atoms with Gasteiger partial charge in [-0.1, -0.05) is 26.0 Å². The summed E-state index contributed by atoms with van der Waals surface area (Å²) in [6.07, 6.45) is 2.19. The standard InChI is InChI=1S/C19H24N2O/c1-4-15-11-14(3)19(22)20-18(15)16-5-7-17(8-6-16)21-10-9-13(2)12-21/h5-8,11,13H,4,9-10,12H2,1-3H3,(H,20,22). The van der Waals surface area contributed by atoms with Crippen LogP contribution >= 0.6 is 0 Å². The fourth-order valence-electron chi connectivity index (χ4n) is 3.24. The number of aromatic nitrogens is 1. The fraction of sp³-hybridized carbons (Fsp3) is 0.421. The van der Waals surface area contributed by atoms with E-state index in [1.165, 1.54) is 17.7 Å². The summed E-state index contributed by atoms with van der Waals surface area (Å²) >= 11 is 0. The molecule has 0 saturated carbocycles. The van der Waals surface area contributed by atoms with Gasteiger partial charge in [0, 0.05) is 24.3 Å². The monoisotopic (exact) mass is 296 g/mol. The van der Waals surface area contributed by atoms with E-state index in [0.717, 1.165) is 42.2 Å². The van der Waals surface area contributed by atoms with Gasteiger partial charge < -0.3 is 9.88 Å². The lowest BCUT2D eigenvalue weighted by atomic mass is 10.0. The van der Waals surface area contributed by atoms with Crippen LogP contribution in [0.25, 0.3) is 11.3 Å². The Balaban J connectivity index is 1.93. The molecule has 1 aliphatic heterocycles. The van der Waals surface area contributed by atoms with Crippen LogP contribution in [0.4, 0.5) is 5.69 Å². The molecule has 3 rings (SSSR count). The van der Waals surface area contributed by atoms with Gasteiger partial charge in [0.05, 0.1) is 5.69 Å². The van der Waals surface area contributed by atoms with E-state index in [1.807, 2.05) is 13.0 Å². The van der Waals surface area contributed by atoms with Crippen molar-refractivity contribution < 1.29 is 0 Å². The van der Waals surface area contributed by atoms with Crippen LogP contribution in [0.1, 0.15) is 31.4 Å². The Kier molecular flexibility index (Phi) is 4.06. The molecule has 22 heavy (non-hydrogen) atoms. The van der Waals surface area contributed by atoms with Gasteiger partial charge in [0.2, 0.25) is 0 Å². The Morgan fingerprint density at radius 1 is 1.27 bits per heavy atom. The Bertz CT molecular complexity index is 715. The first kappa shape index (κ1) is 14.9. The van der Waals surface area contributed by atoms with Gasteiger partial charge in [-0.15, -0.1) is 0 Å². The molecule has 1 unspecified atom stereocenters. The van der Waals surface area contributed by atoms with Crippen molar-refractivity contribution in [1.29, 1.82) is 0 Å². The van der Waals surface area contributed by atoms with Gasteiger partial charge in [-0.3, -0.25) is 4.79 Å². The van der Waals surface area contributed by atoms with Gasteiger partial charge in [0.15, 0.2) is 0 Å². The van der Waals surface area contributed by atoms with Crippen molar-refractivity contribution in [2.24, 2.45) is 5.92 Å². The van der Waals surface area contributed by atoms with Crippen LogP contribution in [0, 0.1) is 12.8 Å². The maximum absolute atomic E-state index is 11.9. The molecule has 116 valence electrons. The van der Waals surface area contributed by atoms with Crippen molar-refractivity contribution in [3.63, 3.8) is 0 Å². The molecular formula is C19H24N2O. The highest BCUT2D eigenvalue weighted by Crippen LogP contribution is 2.27. The summed E-state index contributed by atoms with van der Waals surface area (Å²) in [5, 5.41) is 0. The summed E-state index contributed by atoms with van der Waals surface area (Å²) in [6, 6.07) is 10.6. The first-order valence-electron chi connectivity index (χ1n) is 8.16. The van der Waals surface area contributed by atoms with E-state index in [0.29, 0.717) is 0 Å². The van der Waals surface area contributed by atoms with Gasteiger partial charge in [0.25, 0.3) is 5.56 Å². The lowest BCUT2D eigenvalue weighted by molar-refractivity contribution is 0.659. The van der Waals surface area contributed by atoms with Crippen LogP contribution < -0.4 is 10.5 Å². The molecule has 2 heterocycles. The van der Waals surface area contributed by atoms with Crippen LogP contribution in [0.2, 0.25) is 0 Å². The molecule has 2 aromatic rings. The highest BCUT2D eigenvalue weighted by atomic mass is 16.1. The van der Waals surface area contributed by atoms with Gasteiger partial charge in [-0.2, -0.15) is 0 Å². The summed E-state index contributed by atoms with van der Waals surface area (Å²) in [5.41, 5.74) is 5.30. The molecule has 1 aliphatic rings. The van der Waals surface area contributed by atoms with Crippen molar-refractivity contribution >= 4 is 5.69 Å². The van der Waals surface area contributed by atoms with Crippen molar-refractivity contribution in [1.82, 2.24) is 4.98 Å². The predicted octanol–water partition coefficient (Wildman–Crippen LogP) is 3.76. The molecule has 0 amide bonds. The van der Waals surface area contributed by atoms with Gasteiger partial charge in [-0.25, -0.2) is 0 Å². The average molecular weight is 296 g/mol. The summed E-state index contributed by atoms with van der Waals surface area (Å²) < 4.78 is 0. The van der Waals surface area contributed by atoms with E-state index in [4.69, 9.17) is 0 Å². The molecule has 1 aromatic heterocycles. The van der Waals surface area contributed by atoms with E-state index in [2.05, 4.69) is 48.0 Å². The molecule has 1 fully saturated rings. The normalized spacial score (nSPS) is 18.0. The fourth-order valence-corrected chi connectivity index (χ4v) is 3.24. The van der Waals surface area contributed by atoms with Gasteiger partial charge in [-0.05, 0) is 55.0 Å². The van der Waals surface area contributed by atoms with Crippen molar-refractivity contribution in [2.45, 2.75) is 33.6 Å². The molecule has 3 nitrogen and oxygen atoms in total. The van der Waals surface area contributed by atoms with Gasteiger partial charge >= 0.3 is 0 Å². The molecule has 1 aromatic carbocycles. The van der Waals surface area contributed by atoms with Crippen molar-refractivity contribution in [3.05, 3.63) is 51.8 Å². The quantitative estimate of drug-likeness (QED) is 0.936. The number of aryl methyl sites for hydroxylation is 2. The predicted molar refractivity (Wildman–Crippen MR) is 92.6 cm³/mol. The lowest BCUT2D eigenvalue weighted by Crippen LogP contribution is -2.18. The smallest absolute Gasteiger partial charge is 0.251 e. The number of nitrogens with zero attached hydrogens (tertiary/aromatic N) is 1. The van der Waals surface area contributed by atoms with E-state index in [-0.39, 0.29) is 5.56 Å². The van der Waals surface area contributed by atoms with Crippen LogP contribution in [0.5, 0.6) is 0 Å². The Morgan fingerprint density at radius 2 is 2.00 bits per heavy atom.